The summed E-state index contributed by atoms with van der Waals surface area (Å²) in [6.07, 6.45) is 4.27. The van der Waals surface area contributed by atoms with Gasteiger partial charge in [-0.1, -0.05) is 29.4 Å². The SMILES string of the molecule is Cc1ccccc1-c1noc(CCC(=O)N2CCN(c3ncccn3)CC2)n1. The molecule has 0 spiro atoms. The van der Waals surface area contributed by atoms with Crippen molar-refractivity contribution in [3.63, 3.8) is 0 Å². The van der Waals surface area contributed by atoms with E-state index < -0.39 is 0 Å². The molecular weight excluding hydrogens is 356 g/mol. The second-order valence-corrected chi connectivity index (χ2v) is 6.74. The Kier molecular flexibility index (Phi) is 5.27. The number of aryl methyl sites for hydroxylation is 2. The molecule has 4 rings (SSSR count). The summed E-state index contributed by atoms with van der Waals surface area (Å²) in [6.45, 7) is 4.79. The van der Waals surface area contributed by atoms with Crippen molar-refractivity contribution < 1.29 is 9.32 Å². The molecule has 3 aromatic rings. The van der Waals surface area contributed by atoms with Gasteiger partial charge < -0.3 is 14.3 Å². The number of rotatable bonds is 5. The third kappa shape index (κ3) is 4.00. The zero-order valence-corrected chi connectivity index (χ0v) is 15.8. The first kappa shape index (κ1) is 18.1. The van der Waals surface area contributed by atoms with Crippen molar-refractivity contribution in [1.82, 2.24) is 25.0 Å². The summed E-state index contributed by atoms with van der Waals surface area (Å²) in [5.41, 5.74) is 2.04. The van der Waals surface area contributed by atoms with Crippen molar-refractivity contribution in [2.24, 2.45) is 0 Å². The van der Waals surface area contributed by atoms with Gasteiger partial charge in [-0.2, -0.15) is 4.98 Å². The number of benzene rings is 1. The van der Waals surface area contributed by atoms with E-state index in [1.54, 1.807) is 18.5 Å². The van der Waals surface area contributed by atoms with Gasteiger partial charge in [-0.05, 0) is 18.6 Å². The highest BCUT2D eigenvalue weighted by atomic mass is 16.5. The number of carbonyl (C=O) groups excluding carboxylic acids is 1. The molecule has 8 nitrogen and oxygen atoms in total. The summed E-state index contributed by atoms with van der Waals surface area (Å²) in [5.74, 6) is 1.87. The molecule has 1 saturated heterocycles. The zero-order chi connectivity index (χ0) is 19.3. The van der Waals surface area contributed by atoms with Crippen LogP contribution in [0.4, 0.5) is 5.95 Å². The van der Waals surface area contributed by atoms with Crippen LogP contribution >= 0.6 is 0 Å². The number of nitrogens with zero attached hydrogens (tertiary/aromatic N) is 6. The quantitative estimate of drug-likeness (QED) is 0.672. The van der Waals surface area contributed by atoms with Gasteiger partial charge in [-0.25, -0.2) is 9.97 Å². The van der Waals surface area contributed by atoms with E-state index in [0.717, 1.165) is 24.2 Å². The number of aromatic nitrogens is 4. The molecule has 1 amide bonds. The second-order valence-electron chi connectivity index (χ2n) is 6.74. The van der Waals surface area contributed by atoms with Crippen molar-refractivity contribution in [1.29, 1.82) is 0 Å². The largest absolute Gasteiger partial charge is 0.339 e. The van der Waals surface area contributed by atoms with Crippen molar-refractivity contribution in [3.05, 3.63) is 54.2 Å². The molecule has 0 saturated carbocycles. The summed E-state index contributed by atoms with van der Waals surface area (Å²) < 4.78 is 5.33. The minimum absolute atomic E-state index is 0.101. The minimum Gasteiger partial charge on any atom is -0.339 e. The molecule has 144 valence electrons. The molecule has 0 atom stereocenters. The molecule has 0 aliphatic carbocycles. The van der Waals surface area contributed by atoms with Crippen molar-refractivity contribution >= 4 is 11.9 Å². The maximum absolute atomic E-state index is 12.5. The van der Waals surface area contributed by atoms with Crippen LogP contribution in [0.1, 0.15) is 17.9 Å². The Morgan fingerprint density at radius 3 is 2.57 bits per heavy atom. The molecule has 1 aliphatic rings. The van der Waals surface area contributed by atoms with Crippen LogP contribution in [0.2, 0.25) is 0 Å². The molecule has 8 heteroatoms. The van der Waals surface area contributed by atoms with E-state index in [1.807, 2.05) is 36.1 Å². The third-order valence-electron chi connectivity index (χ3n) is 4.87. The van der Waals surface area contributed by atoms with Crippen LogP contribution in [-0.4, -0.2) is 57.1 Å². The van der Waals surface area contributed by atoms with Crippen LogP contribution in [0.3, 0.4) is 0 Å². The number of piperazine rings is 1. The van der Waals surface area contributed by atoms with E-state index >= 15 is 0 Å². The first-order chi connectivity index (χ1) is 13.7. The number of hydrogen-bond acceptors (Lipinski definition) is 7. The lowest BCUT2D eigenvalue weighted by atomic mass is 10.1. The van der Waals surface area contributed by atoms with Gasteiger partial charge in [0.2, 0.25) is 23.6 Å². The van der Waals surface area contributed by atoms with Gasteiger partial charge in [-0.15, -0.1) is 0 Å². The van der Waals surface area contributed by atoms with Gasteiger partial charge in [0, 0.05) is 57.0 Å². The van der Waals surface area contributed by atoms with Crippen LogP contribution in [0.5, 0.6) is 0 Å². The molecule has 1 aromatic carbocycles. The average molecular weight is 378 g/mol. The van der Waals surface area contributed by atoms with Crippen molar-refractivity contribution in [3.8, 4) is 11.4 Å². The first-order valence-corrected chi connectivity index (χ1v) is 9.39. The van der Waals surface area contributed by atoms with Crippen LogP contribution in [0.15, 0.2) is 47.2 Å². The minimum atomic E-state index is 0.101. The molecule has 0 bridgehead atoms. The molecule has 1 fully saturated rings. The maximum Gasteiger partial charge on any atom is 0.227 e. The van der Waals surface area contributed by atoms with Crippen molar-refractivity contribution in [2.75, 3.05) is 31.1 Å². The molecule has 0 unspecified atom stereocenters. The second kappa shape index (κ2) is 8.16. The molecule has 28 heavy (non-hydrogen) atoms. The molecule has 3 heterocycles. The lowest BCUT2D eigenvalue weighted by Gasteiger charge is -2.34. The van der Waals surface area contributed by atoms with E-state index in [4.69, 9.17) is 4.52 Å². The smallest absolute Gasteiger partial charge is 0.227 e. The Labute approximate surface area is 163 Å². The first-order valence-electron chi connectivity index (χ1n) is 9.39. The van der Waals surface area contributed by atoms with Gasteiger partial charge in [0.05, 0.1) is 0 Å². The van der Waals surface area contributed by atoms with E-state index in [2.05, 4.69) is 25.0 Å². The third-order valence-corrected chi connectivity index (χ3v) is 4.87. The Morgan fingerprint density at radius 2 is 1.82 bits per heavy atom. The highest BCUT2D eigenvalue weighted by Crippen LogP contribution is 2.20. The van der Waals surface area contributed by atoms with Crippen LogP contribution in [0, 0.1) is 6.92 Å². The predicted octanol–water partition coefficient (Wildman–Crippen LogP) is 2.12. The summed E-state index contributed by atoms with van der Waals surface area (Å²) in [7, 11) is 0. The van der Waals surface area contributed by atoms with Gasteiger partial charge in [0.25, 0.3) is 0 Å². The van der Waals surface area contributed by atoms with Crippen LogP contribution in [-0.2, 0) is 11.2 Å². The lowest BCUT2D eigenvalue weighted by Crippen LogP contribution is -2.49. The Balaban J connectivity index is 1.29. The standard InChI is InChI=1S/C20H22N6O2/c1-15-5-2-3-6-16(15)19-23-17(28-24-19)7-8-18(27)25-11-13-26(14-12-25)20-21-9-4-10-22-20/h2-6,9-10H,7-8,11-14H2,1H3. The summed E-state index contributed by atoms with van der Waals surface area (Å²) in [4.78, 5) is 29.5. The normalized spacial score (nSPS) is 14.3. The fourth-order valence-electron chi connectivity index (χ4n) is 3.27. The van der Waals surface area contributed by atoms with E-state index in [9.17, 15) is 4.79 Å². The Morgan fingerprint density at radius 1 is 1.07 bits per heavy atom. The average Bonchev–Trinajstić information content (AvgIpc) is 3.22. The number of hydrogen-bond donors (Lipinski definition) is 0. The van der Waals surface area contributed by atoms with Crippen molar-refractivity contribution in [2.45, 2.75) is 19.8 Å². The number of carbonyl (C=O) groups is 1. The zero-order valence-electron chi connectivity index (χ0n) is 15.8. The lowest BCUT2D eigenvalue weighted by molar-refractivity contribution is -0.131. The van der Waals surface area contributed by atoms with E-state index in [1.165, 1.54) is 0 Å². The van der Waals surface area contributed by atoms with Crippen LogP contribution < -0.4 is 4.90 Å². The molecular formula is C20H22N6O2. The molecule has 0 radical (unpaired) electrons. The predicted molar refractivity (Wildman–Crippen MR) is 104 cm³/mol. The number of amides is 1. The van der Waals surface area contributed by atoms with Gasteiger partial charge in [0.1, 0.15) is 0 Å². The summed E-state index contributed by atoms with van der Waals surface area (Å²) >= 11 is 0. The summed E-state index contributed by atoms with van der Waals surface area (Å²) in [5, 5.41) is 4.05. The number of anilines is 1. The molecule has 0 N–H and O–H groups in total. The Hall–Kier alpha value is -3.29. The molecule has 1 aliphatic heterocycles. The highest BCUT2D eigenvalue weighted by molar-refractivity contribution is 5.76. The fraction of sp³-hybridized carbons (Fsp3) is 0.350. The van der Waals surface area contributed by atoms with Gasteiger partial charge >= 0.3 is 0 Å². The topological polar surface area (TPSA) is 88.3 Å². The van der Waals surface area contributed by atoms with Gasteiger partial charge in [-0.3, -0.25) is 4.79 Å². The fourth-order valence-corrected chi connectivity index (χ4v) is 3.27. The summed E-state index contributed by atoms with van der Waals surface area (Å²) in [6, 6.07) is 9.69. The van der Waals surface area contributed by atoms with E-state index in [0.29, 0.717) is 43.6 Å². The Bertz CT molecular complexity index is 935. The molecule has 2 aromatic heterocycles. The van der Waals surface area contributed by atoms with Gasteiger partial charge in [0.15, 0.2) is 0 Å². The van der Waals surface area contributed by atoms with E-state index in [-0.39, 0.29) is 5.91 Å². The maximum atomic E-state index is 12.5. The monoisotopic (exact) mass is 378 g/mol. The highest BCUT2D eigenvalue weighted by Gasteiger charge is 2.23. The van der Waals surface area contributed by atoms with Crippen LogP contribution in [0.25, 0.3) is 11.4 Å².